The number of aryl methyl sites for hydroxylation is 1. The second-order valence-electron chi connectivity index (χ2n) is 5.34. The molecule has 0 aliphatic heterocycles. The number of hydrogen-bond acceptors (Lipinski definition) is 5. The number of esters is 1. The van der Waals surface area contributed by atoms with Crippen LogP contribution in [0.1, 0.15) is 23.0 Å². The molecule has 0 bridgehead atoms. The van der Waals surface area contributed by atoms with Crippen LogP contribution in [0, 0.1) is 18.6 Å². The Morgan fingerprint density at radius 1 is 1.23 bits per heavy atom. The van der Waals surface area contributed by atoms with Gasteiger partial charge < -0.3 is 10.1 Å². The van der Waals surface area contributed by atoms with Crippen LogP contribution in [0.2, 0.25) is 0 Å². The highest BCUT2D eigenvalue weighted by molar-refractivity contribution is 6.05. The average molecular weight is 380 g/mol. The van der Waals surface area contributed by atoms with Gasteiger partial charge in [-0.25, -0.2) is 23.5 Å². The van der Waals surface area contributed by atoms with Gasteiger partial charge >= 0.3 is 5.97 Å². The molecule has 0 amide bonds. The van der Waals surface area contributed by atoms with Crippen LogP contribution >= 0.6 is 12.4 Å². The maximum absolute atomic E-state index is 14.0. The van der Waals surface area contributed by atoms with E-state index < -0.39 is 17.6 Å². The molecule has 2 heterocycles. The van der Waals surface area contributed by atoms with Crippen LogP contribution in [-0.4, -0.2) is 22.5 Å². The van der Waals surface area contributed by atoms with Crippen molar-refractivity contribution < 1.29 is 18.3 Å². The molecule has 0 saturated carbocycles. The molecule has 136 valence electrons. The minimum atomic E-state index is -0.652. The number of carbonyl (C=O) groups excluding carboxylic acids is 1. The molecule has 0 fully saturated rings. The van der Waals surface area contributed by atoms with Crippen LogP contribution in [0.15, 0.2) is 36.5 Å². The standard InChI is InChI=1S/C18H15F2N3O2.ClH/c1-3-25-18(24)13-9-21-17-12(6-4-10(2)22-17)16(13)23-15-8-11(19)5-7-14(15)20;/h4-9H,3H2,1-2H3,(H,21,22,23);1H. The zero-order chi connectivity index (χ0) is 18.0. The fourth-order valence-electron chi connectivity index (χ4n) is 2.40. The minimum Gasteiger partial charge on any atom is -0.462 e. The van der Waals surface area contributed by atoms with Gasteiger partial charge in [-0.3, -0.25) is 0 Å². The molecule has 1 N–H and O–H groups in total. The Balaban J connectivity index is 0.00000243. The molecule has 3 rings (SSSR count). The quantitative estimate of drug-likeness (QED) is 0.673. The topological polar surface area (TPSA) is 64.1 Å². The van der Waals surface area contributed by atoms with E-state index in [-0.39, 0.29) is 36.0 Å². The number of nitrogens with one attached hydrogen (secondary N) is 1. The lowest BCUT2D eigenvalue weighted by molar-refractivity contribution is 0.0527. The summed E-state index contributed by atoms with van der Waals surface area (Å²) in [5, 5.41) is 3.29. The first-order valence-corrected chi connectivity index (χ1v) is 7.65. The van der Waals surface area contributed by atoms with Gasteiger partial charge in [0.25, 0.3) is 0 Å². The summed E-state index contributed by atoms with van der Waals surface area (Å²) in [6.07, 6.45) is 1.31. The SMILES string of the molecule is CCOC(=O)c1cnc2nc(C)ccc2c1Nc1cc(F)ccc1F.Cl. The number of nitrogens with zero attached hydrogens (tertiary/aromatic N) is 2. The predicted molar refractivity (Wildman–Crippen MR) is 97.1 cm³/mol. The van der Waals surface area contributed by atoms with Crippen LogP contribution in [0.3, 0.4) is 0 Å². The van der Waals surface area contributed by atoms with Crippen LogP contribution in [0.5, 0.6) is 0 Å². The second-order valence-corrected chi connectivity index (χ2v) is 5.34. The van der Waals surface area contributed by atoms with Gasteiger partial charge in [0.2, 0.25) is 0 Å². The maximum Gasteiger partial charge on any atom is 0.341 e. The summed E-state index contributed by atoms with van der Waals surface area (Å²) >= 11 is 0. The average Bonchev–Trinajstić information content (AvgIpc) is 2.58. The van der Waals surface area contributed by atoms with Crippen molar-refractivity contribution in [2.75, 3.05) is 11.9 Å². The molecule has 1 aromatic carbocycles. The number of rotatable bonds is 4. The molecule has 0 unspecified atom stereocenters. The van der Waals surface area contributed by atoms with Gasteiger partial charge in [0.15, 0.2) is 5.65 Å². The number of aromatic nitrogens is 2. The number of carbonyl (C=O) groups is 1. The van der Waals surface area contributed by atoms with E-state index in [1.807, 2.05) is 0 Å². The van der Waals surface area contributed by atoms with E-state index in [4.69, 9.17) is 4.74 Å². The van der Waals surface area contributed by atoms with Crippen molar-refractivity contribution in [2.45, 2.75) is 13.8 Å². The van der Waals surface area contributed by atoms with Gasteiger partial charge in [-0.1, -0.05) is 0 Å². The number of hydrogen-bond donors (Lipinski definition) is 1. The summed E-state index contributed by atoms with van der Waals surface area (Å²) in [4.78, 5) is 20.7. The molecule has 0 saturated heterocycles. The molecule has 5 nitrogen and oxygen atoms in total. The highest BCUT2D eigenvalue weighted by Gasteiger charge is 2.18. The van der Waals surface area contributed by atoms with Crippen molar-refractivity contribution in [3.05, 3.63) is 59.4 Å². The lowest BCUT2D eigenvalue weighted by atomic mass is 10.1. The Hall–Kier alpha value is -2.80. The zero-order valence-corrected chi connectivity index (χ0v) is 14.9. The van der Waals surface area contributed by atoms with Crippen LogP contribution in [-0.2, 0) is 4.74 Å². The summed E-state index contributed by atoms with van der Waals surface area (Å²) in [6.45, 7) is 3.66. The van der Waals surface area contributed by atoms with E-state index in [2.05, 4.69) is 15.3 Å². The molecule has 2 aromatic heterocycles. The first-order valence-electron chi connectivity index (χ1n) is 7.65. The van der Waals surface area contributed by atoms with Crippen molar-refractivity contribution in [1.82, 2.24) is 9.97 Å². The van der Waals surface area contributed by atoms with Crippen molar-refractivity contribution in [2.24, 2.45) is 0 Å². The van der Waals surface area contributed by atoms with Gasteiger partial charge in [0.05, 0.1) is 18.0 Å². The third kappa shape index (κ3) is 3.88. The van der Waals surface area contributed by atoms with Crippen LogP contribution < -0.4 is 5.32 Å². The van der Waals surface area contributed by atoms with Crippen molar-refractivity contribution in [3.63, 3.8) is 0 Å². The number of halogens is 3. The number of pyridine rings is 2. The van der Waals surface area contributed by atoms with Crippen LogP contribution in [0.4, 0.5) is 20.2 Å². The van der Waals surface area contributed by atoms with E-state index in [9.17, 15) is 13.6 Å². The van der Waals surface area contributed by atoms with E-state index in [1.54, 1.807) is 26.0 Å². The summed E-state index contributed by atoms with van der Waals surface area (Å²) in [5.41, 5.74) is 1.40. The lowest BCUT2D eigenvalue weighted by Crippen LogP contribution is -2.10. The number of benzene rings is 1. The molecular formula is C18H16ClF2N3O2. The third-order valence-electron chi connectivity index (χ3n) is 3.55. The van der Waals surface area contributed by atoms with Gasteiger partial charge in [-0.05, 0) is 38.1 Å². The number of ether oxygens (including phenoxy) is 1. The molecule has 8 heteroatoms. The van der Waals surface area contributed by atoms with E-state index in [1.165, 1.54) is 6.20 Å². The number of fused-ring (bicyclic) bond motifs is 1. The van der Waals surface area contributed by atoms with Gasteiger partial charge in [0, 0.05) is 23.3 Å². The Bertz CT molecular complexity index is 967. The molecule has 0 spiro atoms. The van der Waals surface area contributed by atoms with Crippen molar-refractivity contribution in [3.8, 4) is 0 Å². The number of anilines is 2. The first kappa shape index (κ1) is 19.5. The Kier molecular flexibility index (Phi) is 6.05. The normalized spacial score (nSPS) is 10.3. The predicted octanol–water partition coefficient (Wildman–Crippen LogP) is 4.56. The molecular weight excluding hydrogens is 364 g/mol. The smallest absolute Gasteiger partial charge is 0.341 e. The van der Waals surface area contributed by atoms with E-state index >= 15 is 0 Å². The van der Waals surface area contributed by atoms with E-state index in [0.29, 0.717) is 11.0 Å². The summed E-state index contributed by atoms with van der Waals surface area (Å²) in [6, 6.07) is 6.49. The fraction of sp³-hybridized carbons (Fsp3) is 0.167. The Morgan fingerprint density at radius 2 is 2.00 bits per heavy atom. The second kappa shape index (κ2) is 8.05. The largest absolute Gasteiger partial charge is 0.462 e. The minimum absolute atomic E-state index is 0. The summed E-state index contributed by atoms with van der Waals surface area (Å²) in [7, 11) is 0. The molecule has 0 aliphatic rings. The maximum atomic E-state index is 14.0. The van der Waals surface area contributed by atoms with E-state index in [0.717, 1.165) is 23.9 Å². The third-order valence-corrected chi connectivity index (χ3v) is 3.55. The first-order chi connectivity index (χ1) is 12.0. The monoisotopic (exact) mass is 379 g/mol. The van der Waals surface area contributed by atoms with Gasteiger partial charge in [-0.2, -0.15) is 0 Å². The van der Waals surface area contributed by atoms with Crippen molar-refractivity contribution in [1.29, 1.82) is 0 Å². The summed E-state index contributed by atoms with van der Waals surface area (Å²) < 4.78 is 32.5. The van der Waals surface area contributed by atoms with Gasteiger partial charge in [0.1, 0.15) is 17.2 Å². The lowest BCUT2D eigenvalue weighted by Gasteiger charge is -2.14. The van der Waals surface area contributed by atoms with Gasteiger partial charge in [-0.15, -0.1) is 12.4 Å². The van der Waals surface area contributed by atoms with Crippen molar-refractivity contribution >= 4 is 40.8 Å². The fourth-order valence-corrected chi connectivity index (χ4v) is 2.40. The highest BCUT2D eigenvalue weighted by Crippen LogP contribution is 2.30. The molecule has 26 heavy (non-hydrogen) atoms. The molecule has 3 aromatic rings. The molecule has 0 atom stereocenters. The molecule has 0 radical (unpaired) electrons. The zero-order valence-electron chi connectivity index (χ0n) is 14.0. The van der Waals surface area contributed by atoms with Crippen LogP contribution in [0.25, 0.3) is 11.0 Å². The Morgan fingerprint density at radius 3 is 2.73 bits per heavy atom. The summed E-state index contributed by atoms with van der Waals surface area (Å²) in [5.74, 6) is -1.87. The highest BCUT2D eigenvalue weighted by atomic mass is 35.5. The molecule has 0 aliphatic carbocycles. The Labute approximate surface area is 154 Å².